The summed E-state index contributed by atoms with van der Waals surface area (Å²) in [4.78, 5) is 0. The Bertz CT molecular complexity index is 594. The molecule has 2 nitrogen and oxygen atoms in total. The third kappa shape index (κ3) is 2.83. The van der Waals surface area contributed by atoms with Gasteiger partial charge in [0.25, 0.3) is 0 Å². The summed E-state index contributed by atoms with van der Waals surface area (Å²) >= 11 is 0. The van der Waals surface area contributed by atoms with Crippen LogP contribution in [0.15, 0.2) is 42.5 Å². The predicted molar refractivity (Wildman–Crippen MR) is 77.0 cm³/mol. The fourth-order valence-corrected chi connectivity index (χ4v) is 2.86. The molecule has 0 heterocycles. The van der Waals surface area contributed by atoms with Gasteiger partial charge in [-0.2, -0.15) is 0 Å². The topological polar surface area (TPSA) is 32.3 Å². The van der Waals surface area contributed by atoms with Crippen molar-refractivity contribution in [3.05, 3.63) is 65.0 Å². The number of fused-ring (bicyclic) bond motifs is 1. The minimum Gasteiger partial charge on any atom is -0.508 e. The van der Waals surface area contributed by atoms with Crippen LogP contribution >= 0.6 is 0 Å². The van der Waals surface area contributed by atoms with Gasteiger partial charge in [0.2, 0.25) is 0 Å². The third-order valence-electron chi connectivity index (χ3n) is 3.91. The average Bonchev–Trinajstić information content (AvgIpc) is 2.46. The fraction of sp³-hybridized carbons (Fsp3) is 0.294. The summed E-state index contributed by atoms with van der Waals surface area (Å²) in [6.45, 7) is 0.727. The van der Waals surface area contributed by atoms with Crippen LogP contribution in [-0.4, -0.2) is 5.11 Å². The molecule has 0 saturated carbocycles. The molecule has 2 N–H and O–H groups in total. The quantitative estimate of drug-likeness (QED) is 0.892. The first-order chi connectivity index (χ1) is 9.72. The molecule has 3 heteroatoms. The second kappa shape index (κ2) is 5.63. The maximum absolute atomic E-state index is 12.9. The molecule has 0 amide bonds. The van der Waals surface area contributed by atoms with E-state index in [1.165, 1.54) is 23.3 Å². The molecule has 1 atom stereocenters. The summed E-state index contributed by atoms with van der Waals surface area (Å²) in [6, 6.07) is 12.5. The molecule has 104 valence electrons. The van der Waals surface area contributed by atoms with Crippen molar-refractivity contribution >= 4 is 0 Å². The lowest BCUT2D eigenvalue weighted by Gasteiger charge is -2.26. The molecule has 0 fully saturated rings. The van der Waals surface area contributed by atoms with E-state index in [-0.39, 0.29) is 5.82 Å². The summed E-state index contributed by atoms with van der Waals surface area (Å²) in [5, 5.41) is 13.1. The first kappa shape index (κ1) is 13.1. The van der Waals surface area contributed by atoms with E-state index in [9.17, 15) is 9.50 Å². The Morgan fingerprint density at radius 2 is 1.95 bits per heavy atom. The van der Waals surface area contributed by atoms with Crippen LogP contribution in [0.25, 0.3) is 0 Å². The van der Waals surface area contributed by atoms with Crippen LogP contribution in [0.3, 0.4) is 0 Å². The summed E-state index contributed by atoms with van der Waals surface area (Å²) in [6.07, 6.45) is 3.25. The van der Waals surface area contributed by atoms with Gasteiger partial charge < -0.3 is 10.4 Å². The Balaban J connectivity index is 1.71. The number of nitrogens with one attached hydrogen (secondary N) is 1. The molecule has 20 heavy (non-hydrogen) atoms. The van der Waals surface area contributed by atoms with Crippen molar-refractivity contribution in [2.75, 3.05) is 0 Å². The van der Waals surface area contributed by atoms with Crippen LogP contribution in [0.1, 0.15) is 35.6 Å². The number of hydrogen-bond donors (Lipinski definition) is 2. The van der Waals surface area contributed by atoms with Crippen molar-refractivity contribution < 1.29 is 9.50 Å². The van der Waals surface area contributed by atoms with Crippen LogP contribution < -0.4 is 5.32 Å². The zero-order valence-corrected chi connectivity index (χ0v) is 11.3. The van der Waals surface area contributed by atoms with Gasteiger partial charge in [-0.1, -0.05) is 18.2 Å². The zero-order chi connectivity index (χ0) is 13.9. The zero-order valence-electron chi connectivity index (χ0n) is 11.3. The molecular formula is C17H18FNO. The number of hydrogen-bond acceptors (Lipinski definition) is 2. The maximum Gasteiger partial charge on any atom is 0.123 e. The van der Waals surface area contributed by atoms with Crippen LogP contribution in [0.4, 0.5) is 4.39 Å². The molecule has 1 aliphatic carbocycles. The summed E-state index contributed by atoms with van der Waals surface area (Å²) < 4.78 is 12.9. The lowest BCUT2D eigenvalue weighted by molar-refractivity contribution is 0.449. The van der Waals surface area contributed by atoms with Gasteiger partial charge in [0.1, 0.15) is 11.6 Å². The molecule has 0 bridgehead atoms. The van der Waals surface area contributed by atoms with Crippen LogP contribution in [0.5, 0.6) is 5.75 Å². The minimum atomic E-state index is -0.202. The average molecular weight is 271 g/mol. The van der Waals surface area contributed by atoms with Gasteiger partial charge in [0.15, 0.2) is 0 Å². The van der Waals surface area contributed by atoms with E-state index in [1.54, 1.807) is 6.07 Å². The van der Waals surface area contributed by atoms with E-state index in [0.29, 0.717) is 11.8 Å². The number of aromatic hydroxyl groups is 1. The van der Waals surface area contributed by atoms with Crippen molar-refractivity contribution in [2.45, 2.75) is 31.8 Å². The van der Waals surface area contributed by atoms with Crippen LogP contribution in [0, 0.1) is 5.82 Å². The highest BCUT2D eigenvalue weighted by atomic mass is 19.1. The second-order valence-corrected chi connectivity index (χ2v) is 5.34. The molecule has 0 radical (unpaired) electrons. The number of aryl methyl sites for hydroxylation is 1. The first-order valence-corrected chi connectivity index (χ1v) is 7.02. The van der Waals surface area contributed by atoms with Crippen molar-refractivity contribution in [1.82, 2.24) is 5.32 Å². The van der Waals surface area contributed by atoms with Gasteiger partial charge in [-0.3, -0.25) is 0 Å². The van der Waals surface area contributed by atoms with Gasteiger partial charge in [-0.05, 0) is 60.2 Å². The Labute approximate surface area is 118 Å². The molecule has 0 saturated heterocycles. The standard InChI is InChI=1S/C17H18FNO/c18-14-6-4-12(5-7-14)11-19-17-3-1-2-13-10-15(20)8-9-16(13)17/h4-10,17,19-20H,1-3,11H2. The van der Waals surface area contributed by atoms with E-state index < -0.39 is 0 Å². The van der Waals surface area contributed by atoms with Gasteiger partial charge in [0, 0.05) is 12.6 Å². The highest BCUT2D eigenvalue weighted by Crippen LogP contribution is 2.32. The number of rotatable bonds is 3. The van der Waals surface area contributed by atoms with E-state index in [1.807, 2.05) is 24.3 Å². The summed E-state index contributed by atoms with van der Waals surface area (Å²) in [5.41, 5.74) is 3.58. The third-order valence-corrected chi connectivity index (χ3v) is 3.91. The van der Waals surface area contributed by atoms with Gasteiger partial charge >= 0.3 is 0 Å². The molecule has 1 unspecified atom stereocenters. The molecule has 2 aromatic carbocycles. The molecule has 0 spiro atoms. The maximum atomic E-state index is 12.9. The number of benzene rings is 2. The molecule has 2 aromatic rings. The summed E-state index contributed by atoms with van der Waals surface area (Å²) in [5.74, 6) is 0.134. The molecule has 3 rings (SSSR count). The smallest absolute Gasteiger partial charge is 0.123 e. The number of phenolic OH excluding ortho intramolecular Hbond substituents is 1. The molecule has 1 aliphatic rings. The molecule has 0 aliphatic heterocycles. The monoisotopic (exact) mass is 271 g/mol. The van der Waals surface area contributed by atoms with Crippen molar-refractivity contribution in [3.63, 3.8) is 0 Å². The normalized spacial score (nSPS) is 17.8. The fourth-order valence-electron chi connectivity index (χ4n) is 2.86. The van der Waals surface area contributed by atoms with Crippen LogP contribution in [-0.2, 0) is 13.0 Å². The van der Waals surface area contributed by atoms with Crippen molar-refractivity contribution in [2.24, 2.45) is 0 Å². The highest BCUT2D eigenvalue weighted by molar-refractivity contribution is 5.38. The minimum absolute atomic E-state index is 0.202. The van der Waals surface area contributed by atoms with E-state index in [4.69, 9.17) is 0 Å². The van der Waals surface area contributed by atoms with Gasteiger partial charge in [0.05, 0.1) is 0 Å². The Morgan fingerprint density at radius 1 is 1.15 bits per heavy atom. The largest absolute Gasteiger partial charge is 0.508 e. The van der Waals surface area contributed by atoms with Crippen LogP contribution in [0.2, 0.25) is 0 Å². The SMILES string of the molecule is Oc1ccc2c(c1)CCCC2NCc1ccc(F)cc1. The van der Waals surface area contributed by atoms with E-state index in [2.05, 4.69) is 5.32 Å². The number of halogens is 1. The molecule has 0 aromatic heterocycles. The highest BCUT2D eigenvalue weighted by Gasteiger charge is 2.19. The van der Waals surface area contributed by atoms with E-state index in [0.717, 1.165) is 31.4 Å². The Kier molecular flexibility index (Phi) is 3.70. The Morgan fingerprint density at radius 3 is 2.75 bits per heavy atom. The first-order valence-electron chi connectivity index (χ1n) is 7.02. The van der Waals surface area contributed by atoms with E-state index >= 15 is 0 Å². The lowest BCUT2D eigenvalue weighted by Crippen LogP contribution is -2.24. The lowest BCUT2D eigenvalue weighted by atomic mass is 9.87. The number of phenols is 1. The van der Waals surface area contributed by atoms with Crippen molar-refractivity contribution in [3.8, 4) is 5.75 Å². The molecular weight excluding hydrogens is 253 g/mol. The van der Waals surface area contributed by atoms with Gasteiger partial charge in [-0.25, -0.2) is 4.39 Å². The predicted octanol–water partition coefficient (Wildman–Crippen LogP) is 3.70. The Hall–Kier alpha value is -1.87. The van der Waals surface area contributed by atoms with Gasteiger partial charge in [-0.15, -0.1) is 0 Å². The van der Waals surface area contributed by atoms with Crippen molar-refractivity contribution in [1.29, 1.82) is 0 Å². The second-order valence-electron chi connectivity index (χ2n) is 5.34. The summed E-state index contributed by atoms with van der Waals surface area (Å²) in [7, 11) is 0.